The van der Waals surface area contributed by atoms with Crippen molar-refractivity contribution in [3.05, 3.63) is 65.5 Å². The van der Waals surface area contributed by atoms with Crippen LogP contribution in [0.15, 0.2) is 53.1 Å². The third-order valence-electron chi connectivity index (χ3n) is 3.82. The van der Waals surface area contributed by atoms with Crippen molar-refractivity contribution in [3.8, 4) is 22.8 Å². The molecule has 0 N–H and O–H groups in total. The van der Waals surface area contributed by atoms with Crippen molar-refractivity contribution in [2.75, 3.05) is 0 Å². The fourth-order valence-corrected chi connectivity index (χ4v) is 2.39. The molecule has 25 heavy (non-hydrogen) atoms. The molecule has 0 amide bonds. The maximum Gasteiger partial charge on any atom is 0.250 e. The van der Waals surface area contributed by atoms with Crippen LogP contribution in [-0.4, -0.2) is 30.3 Å². The van der Waals surface area contributed by atoms with Crippen molar-refractivity contribution in [1.82, 2.24) is 30.3 Å². The molecule has 0 spiro atoms. The van der Waals surface area contributed by atoms with E-state index in [0.717, 1.165) is 11.1 Å². The summed E-state index contributed by atoms with van der Waals surface area (Å²) in [6, 6.07) is 15.9. The first-order valence-corrected chi connectivity index (χ1v) is 7.92. The molecule has 2 aromatic carbocycles. The summed E-state index contributed by atoms with van der Waals surface area (Å²) in [6.45, 7) is 4.35. The van der Waals surface area contributed by atoms with Crippen LogP contribution in [0.3, 0.4) is 0 Å². The van der Waals surface area contributed by atoms with Gasteiger partial charge in [-0.3, -0.25) is 0 Å². The summed E-state index contributed by atoms with van der Waals surface area (Å²) in [5.41, 5.74) is 4.20. The van der Waals surface area contributed by atoms with Crippen molar-refractivity contribution in [3.63, 3.8) is 0 Å². The number of nitrogens with zero attached hydrogens (tertiary/aromatic N) is 6. The quantitative estimate of drug-likeness (QED) is 0.571. The summed E-state index contributed by atoms with van der Waals surface area (Å²) in [7, 11) is 0. The minimum atomic E-state index is 0.276. The highest BCUT2D eigenvalue weighted by Gasteiger charge is 2.12. The molecule has 0 saturated heterocycles. The maximum atomic E-state index is 5.29. The van der Waals surface area contributed by atoms with Crippen molar-refractivity contribution in [2.24, 2.45) is 0 Å². The van der Waals surface area contributed by atoms with Crippen LogP contribution >= 0.6 is 0 Å². The minimum Gasteiger partial charge on any atom is -0.337 e. The van der Waals surface area contributed by atoms with E-state index >= 15 is 0 Å². The second-order valence-corrected chi connectivity index (χ2v) is 5.89. The van der Waals surface area contributed by atoms with E-state index in [-0.39, 0.29) is 6.54 Å². The topological polar surface area (TPSA) is 82.5 Å². The van der Waals surface area contributed by atoms with E-state index in [2.05, 4.69) is 25.6 Å². The first kappa shape index (κ1) is 15.2. The summed E-state index contributed by atoms with van der Waals surface area (Å²) in [4.78, 5) is 5.84. The average molecular weight is 332 g/mol. The van der Waals surface area contributed by atoms with Crippen LogP contribution in [-0.2, 0) is 6.54 Å². The summed E-state index contributed by atoms with van der Waals surface area (Å²) < 4.78 is 5.29. The van der Waals surface area contributed by atoms with Crippen molar-refractivity contribution < 1.29 is 4.52 Å². The number of aryl methyl sites for hydroxylation is 2. The second kappa shape index (κ2) is 6.27. The molecule has 0 atom stereocenters. The van der Waals surface area contributed by atoms with Gasteiger partial charge in [0.2, 0.25) is 11.6 Å². The maximum absolute atomic E-state index is 5.29. The van der Waals surface area contributed by atoms with Gasteiger partial charge in [-0.05, 0) is 19.1 Å². The van der Waals surface area contributed by atoms with E-state index in [9.17, 15) is 0 Å². The van der Waals surface area contributed by atoms with E-state index < -0.39 is 0 Å². The molecule has 0 aliphatic carbocycles. The lowest BCUT2D eigenvalue weighted by molar-refractivity contribution is 0.356. The molecule has 7 nitrogen and oxygen atoms in total. The first-order valence-electron chi connectivity index (χ1n) is 7.92. The third kappa shape index (κ3) is 3.30. The molecule has 7 heteroatoms. The molecule has 0 aliphatic rings. The van der Waals surface area contributed by atoms with Gasteiger partial charge in [0, 0.05) is 11.1 Å². The molecule has 4 rings (SSSR count). The van der Waals surface area contributed by atoms with Gasteiger partial charge in [0.25, 0.3) is 5.89 Å². The summed E-state index contributed by atoms with van der Waals surface area (Å²) >= 11 is 0. The zero-order chi connectivity index (χ0) is 17.2. The zero-order valence-corrected chi connectivity index (χ0v) is 13.9. The van der Waals surface area contributed by atoms with Crippen LogP contribution in [0.4, 0.5) is 0 Å². The lowest BCUT2D eigenvalue weighted by Crippen LogP contribution is -2.04. The van der Waals surface area contributed by atoms with E-state index in [1.807, 2.05) is 62.4 Å². The fraction of sp³-hybridized carbons (Fsp3) is 0.167. The van der Waals surface area contributed by atoms with Crippen LogP contribution in [0.2, 0.25) is 0 Å². The third-order valence-corrected chi connectivity index (χ3v) is 3.82. The lowest BCUT2D eigenvalue weighted by atomic mass is 10.1. The average Bonchev–Trinajstić information content (AvgIpc) is 3.27. The monoisotopic (exact) mass is 332 g/mol. The van der Waals surface area contributed by atoms with Crippen LogP contribution in [0.25, 0.3) is 22.8 Å². The number of hydrogen-bond acceptors (Lipinski definition) is 6. The molecule has 2 heterocycles. The molecule has 0 bridgehead atoms. The number of hydrogen-bond donors (Lipinski definition) is 0. The van der Waals surface area contributed by atoms with Gasteiger partial charge in [0.05, 0.1) is 0 Å². The van der Waals surface area contributed by atoms with Crippen LogP contribution in [0.1, 0.15) is 17.0 Å². The second-order valence-electron chi connectivity index (χ2n) is 5.89. The SMILES string of the molecule is Cc1ccc(-c2noc(Cn3nnc(-c4ccc(C)cc4)n3)n2)cc1. The van der Waals surface area contributed by atoms with E-state index in [1.165, 1.54) is 15.9 Å². The highest BCUT2D eigenvalue weighted by molar-refractivity contribution is 5.55. The Morgan fingerprint density at radius 3 is 2.08 bits per heavy atom. The van der Waals surface area contributed by atoms with Crippen molar-refractivity contribution >= 4 is 0 Å². The summed E-state index contributed by atoms with van der Waals surface area (Å²) in [5.74, 6) is 1.55. The number of benzene rings is 2. The Balaban J connectivity index is 1.51. The van der Waals surface area contributed by atoms with Gasteiger partial charge in [-0.15, -0.1) is 10.2 Å². The Labute approximate surface area is 144 Å². The van der Waals surface area contributed by atoms with Gasteiger partial charge >= 0.3 is 0 Å². The highest BCUT2D eigenvalue weighted by atomic mass is 16.5. The summed E-state index contributed by atoms with van der Waals surface area (Å²) in [6.07, 6.45) is 0. The van der Waals surface area contributed by atoms with Crippen molar-refractivity contribution in [2.45, 2.75) is 20.4 Å². The Morgan fingerprint density at radius 1 is 0.840 bits per heavy atom. The zero-order valence-electron chi connectivity index (χ0n) is 13.9. The normalized spacial score (nSPS) is 11.0. The molecule has 0 aliphatic heterocycles. The fourth-order valence-electron chi connectivity index (χ4n) is 2.39. The van der Waals surface area contributed by atoms with Crippen LogP contribution in [0.5, 0.6) is 0 Å². The molecular formula is C18H16N6O. The molecule has 2 aromatic heterocycles. The number of rotatable bonds is 4. The number of aromatic nitrogens is 6. The smallest absolute Gasteiger partial charge is 0.250 e. The van der Waals surface area contributed by atoms with Gasteiger partial charge in [-0.1, -0.05) is 64.8 Å². The van der Waals surface area contributed by atoms with Crippen LogP contribution in [0, 0.1) is 13.8 Å². The van der Waals surface area contributed by atoms with Gasteiger partial charge in [0.1, 0.15) is 6.54 Å². The molecule has 4 aromatic rings. The van der Waals surface area contributed by atoms with Crippen LogP contribution < -0.4 is 0 Å². The van der Waals surface area contributed by atoms with E-state index in [0.29, 0.717) is 17.5 Å². The Morgan fingerprint density at radius 2 is 1.44 bits per heavy atom. The van der Waals surface area contributed by atoms with E-state index in [4.69, 9.17) is 4.52 Å². The predicted molar refractivity (Wildman–Crippen MR) is 91.6 cm³/mol. The molecule has 0 saturated carbocycles. The van der Waals surface area contributed by atoms with Crippen molar-refractivity contribution in [1.29, 1.82) is 0 Å². The predicted octanol–water partition coefficient (Wildman–Crippen LogP) is 3.06. The minimum absolute atomic E-state index is 0.276. The van der Waals surface area contributed by atoms with Gasteiger partial charge in [0.15, 0.2) is 0 Å². The largest absolute Gasteiger partial charge is 0.337 e. The van der Waals surface area contributed by atoms with Gasteiger partial charge in [-0.25, -0.2) is 0 Å². The lowest BCUT2D eigenvalue weighted by Gasteiger charge is -1.95. The van der Waals surface area contributed by atoms with E-state index in [1.54, 1.807) is 0 Å². The first-order chi connectivity index (χ1) is 12.2. The van der Waals surface area contributed by atoms with Gasteiger partial charge < -0.3 is 4.52 Å². The Bertz CT molecular complexity index is 903. The highest BCUT2D eigenvalue weighted by Crippen LogP contribution is 2.17. The summed E-state index contributed by atoms with van der Waals surface area (Å²) in [5, 5.41) is 16.5. The Kier molecular flexibility index (Phi) is 3.81. The number of tetrazole rings is 1. The molecule has 0 radical (unpaired) electrons. The standard InChI is InChI=1S/C18H16N6O/c1-12-3-7-14(8-4-12)17-19-16(25-22-17)11-24-21-18(20-23-24)15-9-5-13(2)6-10-15/h3-10H,11H2,1-2H3. The molecular weight excluding hydrogens is 316 g/mol. The molecule has 124 valence electrons. The molecule has 0 unspecified atom stereocenters. The Hall–Kier alpha value is -3.35. The van der Waals surface area contributed by atoms with Gasteiger partial charge in [-0.2, -0.15) is 9.78 Å². The molecule has 0 fully saturated rings.